The van der Waals surface area contributed by atoms with Crippen LogP contribution in [-0.4, -0.2) is 122 Å². The van der Waals surface area contributed by atoms with Crippen LogP contribution in [0.3, 0.4) is 0 Å². The Hall–Kier alpha value is -1.62. The number of amides is 2. The molecule has 4 saturated heterocycles. The number of nitrogens with zero attached hydrogens (tertiary/aromatic N) is 4. The fourth-order valence-corrected chi connectivity index (χ4v) is 6.20. The number of carbonyl (C=O) groups excluding carboxylic acids is 2. The molecule has 4 aliphatic rings. The lowest BCUT2D eigenvalue weighted by Gasteiger charge is -2.53. The van der Waals surface area contributed by atoms with Crippen molar-refractivity contribution in [2.75, 3.05) is 78.5 Å². The van der Waals surface area contributed by atoms with Crippen LogP contribution in [0.15, 0.2) is 0 Å². The van der Waals surface area contributed by atoms with E-state index < -0.39 is 11.2 Å². The summed E-state index contributed by atoms with van der Waals surface area (Å²) in [7, 11) is 0. The third kappa shape index (κ3) is 9.74. The highest BCUT2D eigenvalue weighted by Crippen LogP contribution is 2.42. The van der Waals surface area contributed by atoms with E-state index >= 15 is 0 Å². The molecule has 10 nitrogen and oxygen atoms in total. The highest BCUT2D eigenvalue weighted by atomic mass is 16.6. The summed E-state index contributed by atoms with van der Waals surface area (Å²) in [6.07, 6.45) is 6.61. The van der Waals surface area contributed by atoms with Gasteiger partial charge in [0.1, 0.15) is 11.2 Å². The maximum absolute atomic E-state index is 12.0. The van der Waals surface area contributed by atoms with Crippen molar-refractivity contribution in [3.63, 3.8) is 0 Å². The molecule has 4 aliphatic heterocycles. The molecule has 2 amide bonds. The highest BCUT2D eigenvalue weighted by molar-refractivity contribution is 5.70. The molecule has 10 heteroatoms. The number of ether oxygens (including phenoxy) is 2. The zero-order chi connectivity index (χ0) is 29.6. The second-order valence-electron chi connectivity index (χ2n) is 14.6. The van der Waals surface area contributed by atoms with Gasteiger partial charge in [-0.3, -0.25) is 0 Å². The van der Waals surface area contributed by atoms with Crippen molar-refractivity contribution in [3.05, 3.63) is 0 Å². The van der Waals surface area contributed by atoms with E-state index in [0.717, 1.165) is 91.4 Å². The topological polar surface area (TPSA) is 118 Å². The number of rotatable bonds is 6. The summed E-state index contributed by atoms with van der Waals surface area (Å²) in [6.45, 7) is 23.3. The summed E-state index contributed by atoms with van der Waals surface area (Å²) in [5.41, 5.74) is 11.0. The van der Waals surface area contributed by atoms with Gasteiger partial charge in [0.15, 0.2) is 0 Å². The van der Waals surface area contributed by atoms with Crippen LogP contribution in [0.1, 0.15) is 80.1 Å². The first-order chi connectivity index (χ1) is 18.7. The molecule has 4 N–H and O–H groups in total. The number of hydrogen-bond acceptors (Lipinski definition) is 8. The Morgan fingerprint density at radius 2 is 0.925 bits per heavy atom. The molecule has 0 aliphatic carbocycles. The van der Waals surface area contributed by atoms with Crippen LogP contribution in [0.5, 0.6) is 0 Å². The molecule has 0 bridgehead atoms. The van der Waals surface area contributed by atoms with Crippen molar-refractivity contribution in [1.29, 1.82) is 0 Å². The van der Waals surface area contributed by atoms with Gasteiger partial charge in [-0.2, -0.15) is 0 Å². The predicted octanol–water partition coefficient (Wildman–Crippen LogP) is 3.34. The normalized spacial score (nSPS) is 22.7. The molecule has 4 heterocycles. The van der Waals surface area contributed by atoms with Crippen LogP contribution in [-0.2, 0) is 9.47 Å². The van der Waals surface area contributed by atoms with E-state index in [1.807, 2.05) is 51.3 Å². The van der Waals surface area contributed by atoms with Crippen LogP contribution < -0.4 is 11.5 Å². The lowest BCUT2D eigenvalue weighted by molar-refractivity contribution is -0.0594. The zero-order valence-electron chi connectivity index (χ0n) is 26.3. The first-order valence-electron chi connectivity index (χ1n) is 15.5. The summed E-state index contributed by atoms with van der Waals surface area (Å²) in [5, 5.41) is 0. The van der Waals surface area contributed by atoms with Crippen LogP contribution in [0.25, 0.3) is 0 Å². The minimum absolute atomic E-state index is 0.159. The summed E-state index contributed by atoms with van der Waals surface area (Å²) >= 11 is 0. The van der Waals surface area contributed by atoms with E-state index in [1.54, 1.807) is 0 Å². The van der Waals surface area contributed by atoms with Crippen LogP contribution >= 0.6 is 0 Å². The summed E-state index contributed by atoms with van der Waals surface area (Å²) in [6, 6.07) is 0. The molecule has 0 aromatic heterocycles. The minimum Gasteiger partial charge on any atom is -0.444 e. The molecule has 0 aromatic carbocycles. The van der Waals surface area contributed by atoms with Crippen molar-refractivity contribution in [2.24, 2.45) is 22.3 Å². The van der Waals surface area contributed by atoms with Crippen molar-refractivity contribution in [2.45, 2.75) is 91.3 Å². The summed E-state index contributed by atoms with van der Waals surface area (Å²) in [5.74, 6) is 0. The maximum Gasteiger partial charge on any atom is 0.410 e. The molecule has 0 atom stereocenters. The van der Waals surface area contributed by atoms with Crippen molar-refractivity contribution >= 4 is 12.2 Å². The largest absolute Gasteiger partial charge is 0.444 e. The average molecular weight is 567 g/mol. The van der Waals surface area contributed by atoms with E-state index in [4.69, 9.17) is 20.9 Å². The van der Waals surface area contributed by atoms with E-state index in [9.17, 15) is 9.59 Å². The first kappa shape index (κ1) is 32.9. The second-order valence-corrected chi connectivity index (χ2v) is 14.6. The van der Waals surface area contributed by atoms with Gasteiger partial charge < -0.3 is 40.5 Å². The fourth-order valence-electron chi connectivity index (χ4n) is 6.20. The van der Waals surface area contributed by atoms with E-state index in [-0.39, 0.29) is 12.2 Å². The molecule has 40 heavy (non-hydrogen) atoms. The van der Waals surface area contributed by atoms with E-state index in [2.05, 4.69) is 9.80 Å². The predicted molar refractivity (Wildman–Crippen MR) is 159 cm³/mol. The molecule has 0 radical (unpaired) electrons. The van der Waals surface area contributed by atoms with Crippen LogP contribution in [0, 0.1) is 10.8 Å². The van der Waals surface area contributed by atoms with Gasteiger partial charge >= 0.3 is 12.2 Å². The van der Waals surface area contributed by atoms with Gasteiger partial charge in [0.25, 0.3) is 0 Å². The average Bonchev–Trinajstić information content (AvgIpc) is 2.82. The summed E-state index contributed by atoms with van der Waals surface area (Å²) < 4.78 is 10.8. The molecular formula is C30H58N6O4. The quantitative estimate of drug-likeness (QED) is 0.503. The Kier molecular flexibility index (Phi) is 11.2. The number of nitrogens with two attached hydrogens (primary N) is 2. The minimum atomic E-state index is -0.397. The Balaban J connectivity index is 0.000000220. The van der Waals surface area contributed by atoms with Gasteiger partial charge in [0.2, 0.25) is 0 Å². The fraction of sp³-hybridized carbons (Fsp3) is 0.933. The third-order valence-corrected chi connectivity index (χ3v) is 8.60. The van der Waals surface area contributed by atoms with Gasteiger partial charge in [-0.25, -0.2) is 9.59 Å². The van der Waals surface area contributed by atoms with Gasteiger partial charge in [-0.1, -0.05) is 0 Å². The van der Waals surface area contributed by atoms with Gasteiger partial charge in [-0.15, -0.1) is 0 Å². The third-order valence-electron chi connectivity index (χ3n) is 8.60. The van der Waals surface area contributed by atoms with Crippen molar-refractivity contribution < 1.29 is 19.1 Å². The van der Waals surface area contributed by atoms with Gasteiger partial charge in [0, 0.05) is 37.0 Å². The standard InChI is InChI=1S/2C15H29N3O2/c2*1-14(2,3)20-13(19)18-11-15(12-18)5-9-17(10-6-15)8-4-7-16/h2*4-12,16H2,1-3H3. The van der Waals surface area contributed by atoms with Crippen molar-refractivity contribution in [1.82, 2.24) is 19.6 Å². The molecule has 4 fully saturated rings. The second kappa shape index (κ2) is 13.6. The lowest BCUT2D eigenvalue weighted by atomic mass is 9.72. The first-order valence-corrected chi connectivity index (χ1v) is 15.5. The Bertz CT molecular complexity index is 739. The molecule has 232 valence electrons. The SMILES string of the molecule is CC(C)(C)OC(=O)N1CC2(CCN(CCCN)CC2)C1.CC(C)(C)OC(=O)N1CC2(CCN(CCCN)CC2)C1. The smallest absolute Gasteiger partial charge is 0.410 e. The molecule has 2 spiro atoms. The zero-order valence-corrected chi connectivity index (χ0v) is 26.3. The Labute approximate surface area is 243 Å². The maximum atomic E-state index is 12.0. The van der Waals surface area contributed by atoms with E-state index in [0.29, 0.717) is 10.8 Å². The van der Waals surface area contributed by atoms with E-state index in [1.165, 1.54) is 25.7 Å². The molecule has 0 saturated carbocycles. The van der Waals surface area contributed by atoms with Gasteiger partial charge in [0.05, 0.1) is 0 Å². The number of carbonyl (C=O) groups is 2. The number of likely N-dealkylation sites (tertiary alicyclic amines) is 4. The molecule has 0 unspecified atom stereocenters. The monoisotopic (exact) mass is 566 g/mol. The Morgan fingerprint density at radius 1 is 0.625 bits per heavy atom. The Morgan fingerprint density at radius 3 is 1.18 bits per heavy atom. The highest BCUT2D eigenvalue weighted by Gasteiger charge is 2.48. The lowest BCUT2D eigenvalue weighted by Crippen LogP contribution is -2.62. The summed E-state index contributed by atoms with van der Waals surface area (Å²) in [4.78, 5) is 32.6. The molecular weight excluding hydrogens is 508 g/mol. The van der Waals surface area contributed by atoms with Crippen molar-refractivity contribution in [3.8, 4) is 0 Å². The number of hydrogen-bond donors (Lipinski definition) is 2. The van der Waals surface area contributed by atoms with Crippen LogP contribution in [0.2, 0.25) is 0 Å². The number of piperidine rings is 2. The molecule has 0 aromatic rings. The molecule has 4 rings (SSSR count). The van der Waals surface area contributed by atoms with Gasteiger partial charge in [-0.05, 0) is 132 Å². The van der Waals surface area contributed by atoms with Crippen LogP contribution in [0.4, 0.5) is 9.59 Å².